The summed E-state index contributed by atoms with van der Waals surface area (Å²) in [5, 5.41) is 12.0. The zero-order valence-corrected chi connectivity index (χ0v) is 9.31. The second-order valence-electron chi connectivity index (χ2n) is 4.07. The summed E-state index contributed by atoms with van der Waals surface area (Å²) in [4.78, 5) is 4.10. The molecule has 1 unspecified atom stereocenters. The number of hydrogen-bond acceptors (Lipinski definition) is 4. The van der Waals surface area contributed by atoms with Gasteiger partial charge in [-0.2, -0.15) is 5.26 Å². The van der Waals surface area contributed by atoms with E-state index in [4.69, 9.17) is 10.00 Å². The summed E-state index contributed by atoms with van der Waals surface area (Å²) in [6.07, 6.45) is 2.85. The Balaban J connectivity index is 1.95. The van der Waals surface area contributed by atoms with Gasteiger partial charge >= 0.3 is 0 Å². The Labute approximate surface area is 95.3 Å². The Morgan fingerprint density at radius 3 is 3.06 bits per heavy atom. The number of aromatic nitrogens is 1. The van der Waals surface area contributed by atoms with Crippen LogP contribution in [0.15, 0.2) is 18.3 Å². The number of rotatable bonds is 3. The molecule has 2 rings (SSSR count). The molecule has 0 radical (unpaired) electrons. The fourth-order valence-corrected chi connectivity index (χ4v) is 1.88. The van der Waals surface area contributed by atoms with Gasteiger partial charge in [-0.05, 0) is 26.0 Å². The third kappa shape index (κ3) is 2.50. The minimum absolute atomic E-state index is 0.162. The standard InChI is InChI=1S/C12H15N3O/c1-9(11-4-5-14-8-11)16-12-3-2-10(6-13)7-15-12/h2-3,7,9,11,14H,4-5,8H2,1H3/t9-,11?/m0/s1. The highest BCUT2D eigenvalue weighted by molar-refractivity contribution is 5.28. The van der Waals surface area contributed by atoms with E-state index in [0.29, 0.717) is 17.4 Å². The van der Waals surface area contributed by atoms with Crippen LogP contribution >= 0.6 is 0 Å². The molecule has 1 fully saturated rings. The zero-order chi connectivity index (χ0) is 11.4. The van der Waals surface area contributed by atoms with Crippen molar-refractivity contribution < 1.29 is 4.74 Å². The third-order valence-electron chi connectivity index (χ3n) is 2.93. The van der Waals surface area contributed by atoms with Crippen molar-refractivity contribution in [2.75, 3.05) is 13.1 Å². The average Bonchev–Trinajstić information content (AvgIpc) is 2.83. The molecule has 0 aliphatic carbocycles. The number of hydrogen-bond donors (Lipinski definition) is 1. The number of pyridine rings is 1. The van der Waals surface area contributed by atoms with E-state index in [1.54, 1.807) is 12.1 Å². The maximum absolute atomic E-state index is 8.64. The second kappa shape index (κ2) is 4.95. The lowest BCUT2D eigenvalue weighted by Gasteiger charge is -2.19. The molecule has 84 valence electrons. The van der Waals surface area contributed by atoms with Gasteiger partial charge in [0.05, 0.1) is 5.56 Å². The predicted octanol–water partition coefficient (Wildman–Crippen LogP) is 1.33. The number of nitriles is 1. The summed E-state index contributed by atoms with van der Waals surface area (Å²) >= 11 is 0. The first-order valence-corrected chi connectivity index (χ1v) is 5.53. The van der Waals surface area contributed by atoms with E-state index in [1.807, 2.05) is 6.07 Å². The number of nitrogens with zero attached hydrogens (tertiary/aromatic N) is 2. The first-order valence-electron chi connectivity index (χ1n) is 5.53. The molecular formula is C12H15N3O. The molecule has 0 saturated carbocycles. The van der Waals surface area contributed by atoms with Gasteiger partial charge in [0, 0.05) is 24.7 Å². The van der Waals surface area contributed by atoms with Gasteiger partial charge in [0.2, 0.25) is 5.88 Å². The van der Waals surface area contributed by atoms with Crippen molar-refractivity contribution in [2.24, 2.45) is 5.92 Å². The van der Waals surface area contributed by atoms with Gasteiger partial charge in [0.25, 0.3) is 0 Å². The molecule has 0 aromatic carbocycles. The van der Waals surface area contributed by atoms with Crippen LogP contribution in [0.25, 0.3) is 0 Å². The van der Waals surface area contributed by atoms with Crippen molar-refractivity contribution in [3.8, 4) is 11.9 Å². The normalized spacial score (nSPS) is 21.4. The zero-order valence-electron chi connectivity index (χ0n) is 9.31. The van der Waals surface area contributed by atoms with Crippen LogP contribution in [0, 0.1) is 17.2 Å². The fraction of sp³-hybridized carbons (Fsp3) is 0.500. The fourth-order valence-electron chi connectivity index (χ4n) is 1.88. The average molecular weight is 217 g/mol. The predicted molar refractivity (Wildman–Crippen MR) is 60.0 cm³/mol. The molecule has 0 bridgehead atoms. The Morgan fingerprint density at radius 2 is 2.50 bits per heavy atom. The van der Waals surface area contributed by atoms with Crippen LogP contribution in [-0.4, -0.2) is 24.2 Å². The molecule has 1 saturated heterocycles. The van der Waals surface area contributed by atoms with E-state index in [9.17, 15) is 0 Å². The quantitative estimate of drug-likeness (QED) is 0.829. The van der Waals surface area contributed by atoms with Crippen molar-refractivity contribution in [3.05, 3.63) is 23.9 Å². The van der Waals surface area contributed by atoms with Crippen LogP contribution in [-0.2, 0) is 0 Å². The summed E-state index contributed by atoms with van der Waals surface area (Å²) < 4.78 is 5.74. The minimum Gasteiger partial charge on any atom is -0.474 e. The van der Waals surface area contributed by atoms with E-state index in [-0.39, 0.29) is 6.10 Å². The van der Waals surface area contributed by atoms with E-state index in [1.165, 1.54) is 6.20 Å². The summed E-state index contributed by atoms with van der Waals surface area (Å²) in [6.45, 7) is 4.15. The lowest BCUT2D eigenvalue weighted by molar-refractivity contribution is 0.154. The molecule has 1 aromatic rings. The Hall–Kier alpha value is -1.60. The van der Waals surface area contributed by atoms with Crippen molar-refractivity contribution in [3.63, 3.8) is 0 Å². The minimum atomic E-state index is 0.162. The summed E-state index contributed by atoms with van der Waals surface area (Å²) in [6, 6.07) is 5.51. The highest BCUT2D eigenvalue weighted by atomic mass is 16.5. The van der Waals surface area contributed by atoms with Crippen molar-refractivity contribution in [1.82, 2.24) is 10.3 Å². The number of nitrogens with one attached hydrogen (secondary N) is 1. The first kappa shape index (κ1) is 10.9. The SMILES string of the molecule is C[C@H](Oc1ccc(C#N)cn1)C1CCNC1. The lowest BCUT2D eigenvalue weighted by Crippen LogP contribution is -2.25. The second-order valence-corrected chi connectivity index (χ2v) is 4.07. The molecule has 16 heavy (non-hydrogen) atoms. The van der Waals surface area contributed by atoms with E-state index in [0.717, 1.165) is 19.5 Å². The lowest BCUT2D eigenvalue weighted by atomic mass is 10.0. The van der Waals surface area contributed by atoms with Crippen molar-refractivity contribution in [2.45, 2.75) is 19.4 Å². The third-order valence-corrected chi connectivity index (χ3v) is 2.93. The Morgan fingerprint density at radius 1 is 1.62 bits per heavy atom. The maximum Gasteiger partial charge on any atom is 0.213 e. The summed E-state index contributed by atoms with van der Waals surface area (Å²) in [5.41, 5.74) is 0.558. The molecule has 0 amide bonds. The van der Waals surface area contributed by atoms with Crippen molar-refractivity contribution in [1.29, 1.82) is 5.26 Å². The van der Waals surface area contributed by atoms with Crippen LogP contribution < -0.4 is 10.1 Å². The molecule has 4 nitrogen and oxygen atoms in total. The Kier molecular flexibility index (Phi) is 3.37. The maximum atomic E-state index is 8.64. The molecule has 1 aliphatic rings. The summed E-state index contributed by atoms with van der Waals surface area (Å²) in [7, 11) is 0. The van der Waals surface area contributed by atoms with Gasteiger partial charge in [0.15, 0.2) is 0 Å². The highest BCUT2D eigenvalue weighted by Crippen LogP contribution is 2.18. The highest BCUT2D eigenvalue weighted by Gasteiger charge is 2.22. The van der Waals surface area contributed by atoms with E-state index >= 15 is 0 Å². The summed E-state index contributed by atoms with van der Waals surface area (Å²) in [5.74, 6) is 1.15. The van der Waals surface area contributed by atoms with Gasteiger partial charge in [-0.3, -0.25) is 0 Å². The first-order chi connectivity index (χ1) is 7.79. The van der Waals surface area contributed by atoms with Crippen LogP contribution in [0.5, 0.6) is 5.88 Å². The van der Waals surface area contributed by atoms with Crippen LogP contribution in [0.1, 0.15) is 18.9 Å². The van der Waals surface area contributed by atoms with Crippen LogP contribution in [0.3, 0.4) is 0 Å². The molecule has 1 aliphatic heterocycles. The van der Waals surface area contributed by atoms with Gasteiger partial charge in [-0.1, -0.05) is 0 Å². The molecule has 4 heteroatoms. The van der Waals surface area contributed by atoms with Crippen LogP contribution in [0.4, 0.5) is 0 Å². The number of ether oxygens (including phenoxy) is 1. The molecule has 2 heterocycles. The van der Waals surface area contributed by atoms with Crippen LogP contribution in [0.2, 0.25) is 0 Å². The van der Waals surface area contributed by atoms with Gasteiger partial charge in [-0.25, -0.2) is 4.98 Å². The smallest absolute Gasteiger partial charge is 0.213 e. The Bertz CT molecular complexity index is 376. The molecule has 2 atom stereocenters. The molecule has 1 N–H and O–H groups in total. The molecule has 1 aromatic heterocycles. The topological polar surface area (TPSA) is 57.9 Å². The van der Waals surface area contributed by atoms with Crippen molar-refractivity contribution >= 4 is 0 Å². The van der Waals surface area contributed by atoms with Gasteiger partial charge in [-0.15, -0.1) is 0 Å². The molecular weight excluding hydrogens is 202 g/mol. The van der Waals surface area contributed by atoms with E-state index < -0.39 is 0 Å². The molecule has 0 spiro atoms. The van der Waals surface area contributed by atoms with Gasteiger partial charge in [0.1, 0.15) is 12.2 Å². The monoisotopic (exact) mass is 217 g/mol. The largest absolute Gasteiger partial charge is 0.474 e. The van der Waals surface area contributed by atoms with E-state index in [2.05, 4.69) is 17.2 Å². The van der Waals surface area contributed by atoms with Gasteiger partial charge < -0.3 is 10.1 Å².